The number of para-hydroxylation sites is 1. The number of hydrogen-bond acceptors (Lipinski definition) is 2. The normalized spacial score (nSPS) is 32.7. The summed E-state index contributed by atoms with van der Waals surface area (Å²) in [6.45, 7) is 3.96. The molecule has 0 N–H and O–H groups in total. The Balaban J connectivity index is 2.01. The van der Waals surface area contributed by atoms with Gasteiger partial charge in [-0.3, -0.25) is 9.59 Å². The number of benzene rings is 1. The maximum absolute atomic E-state index is 12.4. The SMILES string of the molecule is C/C=C1/[C@H](C)[C@H]2C(=O)N(c3ccccc3)C(=O)[C@@H]12. The summed E-state index contributed by atoms with van der Waals surface area (Å²) in [6.07, 6.45) is 1.98. The van der Waals surface area contributed by atoms with Crippen molar-refractivity contribution < 1.29 is 9.59 Å². The van der Waals surface area contributed by atoms with Crippen molar-refractivity contribution in [3.05, 3.63) is 42.0 Å². The first-order valence-corrected chi connectivity index (χ1v) is 6.25. The number of rotatable bonds is 1. The monoisotopic (exact) mass is 241 g/mol. The van der Waals surface area contributed by atoms with E-state index in [4.69, 9.17) is 0 Å². The molecule has 0 bridgehead atoms. The predicted octanol–water partition coefficient (Wildman–Crippen LogP) is 2.39. The molecule has 2 amide bonds. The average Bonchev–Trinajstić information content (AvgIpc) is 2.59. The molecule has 92 valence electrons. The molecule has 1 saturated carbocycles. The molecule has 2 fully saturated rings. The summed E-state index contributed by atoms with van der Waals surface area (Å²) < 4.78 is 0. The van der Waals surface area contributed by atoms with Crippen LogP contribution < -0.4 is 4.90 Å². The van der Waals surface area contributed by atoms with Crippen molar-refractivity contribution in [1.82, 2.24) is 0 Å². The third-order valence-corrected chi connectivity index (χ3v) is 4.12. The van der Waals surface area contributed by atoms with E-state index in [1.807, 2.05) is 38.1 Å². The van der Waals surface area contributed by atoms with Crippen molar-refractivity contribution >= 4 is 17.5 Å². The van der Waals surface area contributed by atoms with Crippen molar-refractivity contribution in [2.24, 2.45) is 17.8 Å². The minimum absolute atomic E-state index is 0.0469. The molecule has 3 rings (SSSR count). The fourth-order valence-electron chi connectivity index (χ4n) is 3.19. The molecule has 0 radical (unpaired) electrons. The zero-order valence-corrected chi connectivity index (χ0v) is 10.5. The molecule has 2 aliphatic rings. The molecule has 1 heterocycles. The van der Waals surface area contributed by atoms with E-state index in [-0.39, 0.29) is 29.6 Å². The third kappa shape index (κ3) is 1.24. The van der Waals surface area contributed by atoms with Gasteiger partial charge in [0, 0.05) is 0 Å². The summed E-state index contributed by atoms with van der Waals surface area (Å²) in [6, 6.07) is 9.18. The van der Waals surface area contributed by atoms with Crippen LogP contribution in [0.15, 0.2) is 42.0 Å². The molecule has 3 heteroatoms. The fraction of sp³-hybridized carbons (Fsp3) is 0.333. The lowest BCUT2D eigenvalue weighted by molar-refractivity contribution is -0.123. The molecule has 1 aliphatic carbocycles. The highest BCUT2D eigenvalue weighted by Gasteiger charge is 2.59. The van der Waals surface area contributed by atoms with Crippen molar-refractivity contribution in [3.8, 4) is 0 Å². The van der Waals surface area contributed by atoms with Crippen LogP contribution in [0.2, 0.25) is 0 Å². The van der Waals surface area contributed by atoms with Gasteiger partial charge in [-0.05, 0) is 25.0 Å². The van der Waals surface area contributed by atoms with Gasteiger partial charge in [0.25, 0.3) is 0 Å². The van der Waals surface area contributed by atoms with Crippen LogP contribution in [0.1, 0.15) is 13.8 Å². The van der Waals surface area contributed by atoms with Gasteiger partial charge in [-0.25, -0.2) is 4.90 Å². The fourth-order valence-corrected chi connectivity index (χ4v) is 3.19. The molecule has 0 aromatic heterocycles. The maximum Gasteiger partial charge on any atom is 0.241 e. The Morgan fingerprint density at radius 2 is 1.78 bits per heavy atom. The zero-order valence-electron chi connectivity index (χ0n) is 10.5. The van der Waals surface area contributed by atoms with E-state index in [0.29, 0.717) is 5.69 Å². The Bertz CT molecular complexity index is 547. The van der Waals surface area contributed by atoms with Crippen molar-refractivity contribution in [3.63, 3.8) is 0 Å². The van der Waals surface area contributed by atoms with E-state index < -0.39 is 0 Å². The Hall–Kier alpha value is -1.90. The number of fused-ring (bicyclic) bond motifs is 1. The Labute approximate surface area is 106 Å². The average molecular weight is 241 g/mol. The Morgan fingerprint density at radius 3 is 2.39 bits per heavy atom. The lowest BCUT2D eigenvalue weighted by atomic mass is 9.63. The van der Waals surface area contributed by atoms with Crippen molar-refractivity contribution in [2.45, 2.75) is 13.8 Å². The van der Waals surface area contributed by atoms with E-state index >= 15 is 0 Å². The Kier molecular flexibility index (Phi) is 2.37. The second-order valence-corrected chi connectivity index (χ2v) is 4.93. The first-order valence-electron chi connectivity index (χ1n) is 6.25. The van der Waals surface area contributed by atoms with Gasteiger partial charge in [0.05, 0.1) is 17.5 Å². The van der Waals surface area contributed by atoms with Gasteiger partial charge in [-0.15, -0.1) is 0 Å². The van der Waals surface area contributed by atoms with E-state index in [1.165, 1.54) is 4.90 Å². The first-order chi connectivity index (χ1) is 8.66. The van der Waals surface area contributed by atoms with Gasteiger partial charge in [-0.1, -0.05) is 36.8 Å². The van der Waals surface area contributed by atoms with E-state index in [2.05, 4.69) is 0 Å². The smallest absolute Gasteiger partial charge is 0.241 e. The molecule has 0 unspecified atom stereocenters. The van der Waals surface area contributed by atoms with E-state index in [1.54, 1.807) is 12.1 Å². The molecule has 1 aromatic carbocycles. The lowest BCUT2D eigenvalue weighted by Gasteiger charge is -2.37. The van der Waals surface area contributed by atoms with Crippen LogP contribution >= 0.6 is 0 Å². The number of carbonyl (C=O) groups is 2. The largest absolute Gasteiger partial charge is 0.274 e. The number of nitrogens with zero attached hydrogens (tertiary/aromatic N) is 1. The van der Waals surface area contributed by atoms with Gasteiger partial charge in [0.2, 0.25) is 11.8 Å². The quantitative estimate of drug-likeness (QED) is 0.559. The summed E-state index contributed by atoms with van der Waals surface area (Å²) in [5.74, 6) is -0.275. The van der Waals surface area contributed by atoms with Gasteiger partial charge in [0.15, 0.2) is 0 Å². The van der Waals surface area contributed by atoms with Crippen LogP contribution in [0, 0.1) is 17.8 Å². The van der Waals surface area contributed by atoms with Crippen LogP contribution in [0.3, 0.4) is 0 Å². The zero-order chi connectivity index (χ0) is 12.9. The summed E-state index contributed by atoms with van der Waals surface area (Å²) in [5, 5.41) is 0. The molecule has 1 aromatic rings. The van der Waals surface area contributed by atoms with Crippen LogP contribution in [0.4, 0.5) is 5.69 Å². The lowest BCUT2D eigenvalue weighted by Crippen LogP contribution is -2.39. The number of allylic oxidation sites excluding steroid dienone is 1. The molecular formula is C15H15NO2. The summed E-state index contributed by atoms with van der Waals surface area (Å²) in [5.41, 5.74) is 1.79. The number of hydrogen-bond donors (Lipinski definition) is 0. The highest BCUT2D eigenvalue weighted by Crippen LogP contribution is 2.52. The predicted molar refractivity (Wildman–Crippen MR) is 68.8 cm³/mol. The van der Waals surface area contributed by atoms with Gasteiger partial charge in [-0.2, -0.15) is 0 Å². The summed E-state index contributed by atoms with van der Waals surface area (Å²) in [7, 11) is 0. The number of amides is 2. The molecule has 1 aliphatic heterocycles. The summed E-state index contributed by atoms with van der Waals surface area (Å²) >= 11 is 0. The molecule has 18 heavy (non-hydrogen) atoms. The maximum atomic E-state index is 12.4. The first kappa shape index (κ1) is 11.2. The van der Waals surface area contributed by atoms with E-state index in [0.717, 1.165) is 5.57 Å². The van der Waals surface area contributed by atoms with Crippen LogP contribution in [-0.4, -0.2) is 11.8 Å². The van der Waals surface area contributed by atoms with Crippen LogP contribution in [0.25, 0.3) is 0 Å². The summed E-state index contributed by atoms with van der Waals surface area (Å²) in [4.78, 5) is 26.0. The second kappa shape index (κ2) is 3.80. The highest BCUT2D eigenvalue weighted by molar-refractivity contribution is 6.24. The minimum Gasteiger partial charge on any atom is -0.274 e. The highest BCUT2D eigenvalue weighted by atomic mass is 16.2. The topological polar surface area (TPSA) is 37.4 Å². The Morgan fingerprint density at radius 1 is 1.11 bits per heavy atom. The van der Waals surface area contributed by atoms with Gasteiger partial charge >= 0.3 is 0 Å². The molecule has 3 nitrogen and oxygen atoms in total. The molecule has 3 atom stereocenters. The minimum atomic E-state index is -0.210. The molecule has 1 saturated heterocycles. The van der Waals surface area contributed by atoms with Gasteiger partial charge < -0.3 is 0 Å². The number of anilines is 1. The van der Waals surface area contributed by atoms with Crippen LogP contribution in [-0.2, 0) is 9.59 Å². The van der Waals surface area contributed by atoms with Crippen LogP contribution in [0.5, 0.6) is 0 Å². The van der Waals surface area contributed by atoms with Crippen molar-refractivity contribution in [2.75, 3.05) is 4.90 Å². The molecule has 0 spiro atoms. The van der Waals surface area contributed by atoms with Crippen molar-refractivity contribution in [1.29, 1.82) is 0 Å². The standard InChI is InChI=1S/C15H15NO2/c1-3-11-9(2)12-13(11)15(18)16(14(12)17)10-7-5-4-6-8-10/h3-9,12-13H,1-2H3/b11-3-/t9-,12+,13-/m0/s1. The van der Waals surface area contributed by atoms with E-state index in [9.17, 15) is 9.59 Å². The number of carbonyl (C=O) groups excluding carboxylic acids is 2. The molecular weight excluding hydrogens is 226 g/mol. The third-order valence-electron chi connectivity index (χ3n) is 4.12. The number of imide groups is 1. The van der Waals surface area contributed by atoms with Gasteiger partial charge in [0.1, 0.15) is 0 Å². The second-order valence-electron chi connectivity index (χ2n) is 4.93.